The molecule has 1 atom stereocenters. The second-order valence-electron chi connectivity index (χ2n) is 12.2. The number of fused-ring (bicyclic) bond motifs is 3. The average molecular weight is 605 g/mol. The summed E-state index contributed by atoms with van der Waals surface area (Å²) >= 11 is 0. The Morgan fingerprint density at radius 3 is 2.20 bits per heavy atom. The van der Waals surface area contributed by atoms with E-state index in [1.54, 1.807) is 27.8 Å². The topological polar surface area (TPSA) is 154 Å². The minimum atomic E-state index is -1.01. The van der Waals surface area contributed by atoms with E-state index < -0.39 is 29.7 Å². The van der Waals surface area contributed by atoms with Crippen LogP contribution in [0, 0.1) is 11.8 Å². The molecule has 4 rings (SSSR count). The summed E-state index contributed by atoms with van der Waals surface area (Å²) in [6.45, 7) is 5.76. The van der Waals surface area contributed by atoms with E-state index in [0.29, 0.717) is 6.54 Å². The van der Waals surface area contributed by atoms with E-state index >= 15 is 0 Å². The van der Waals surface area contributed by atoms with Gasteiger partial charge in [0.05, 0.1) is 18.7 Å². The zero-order valence-corrected chi connectivity index (χ0v) is 25.8. The molecule has 0 aromatic heterocycles. The second-order valence-corrected chi connectivity index (χ2v) is 12.2. The SMILES string of the molecule is CNC(=O)C1CCC(CNC(=O)N/N=C/C(CC(=O)OC(C)(C)C)N=C([O-])OCC2c3ccccc3-c3ccccc32)CC1. The average Bonchev–Trinajstić information content (AvgIpc) is 3.31. The fraction of sp³-hybridized carbons (Fsp3) is 0.485. The van der Waals surface area contributed by atoms with Crippen molar-refractivity contribution in [1.29, 1.82) is 0 Å². The number of nitrogens with zero attached hydrogens (tertiary/aromatic N) is 2. The maximum atomic E-state index is 12.8. The number of ether oxygens (including phenoxy) is 2. The molecule has 0 radical (unpaired) electrons. The monoisotopic (exact) mass is 604 g/mol. The summed E-state index contributed by atoms with van der Waals surface area (Å²) < 4.78 is 11.0. The van der Waals surface area contributed by atoms with Crippen molar-refractivity contribution in [3.63, 3.8) is 0 Å². The Bertz CT molecular complexity index is 1330. The van der Waals surface area contributed by atoms with Crippen LogP contribution in [0.1, 0.15) is 69.9 Å². The van der Waals surface area contributed by atoms with Crippen molar-refractivity contribution < 1.29 is 29.0 Å². The Labute approximate surface area is 258 Å². The molecule has 0 spiro atoms. The quantitative estimate of drug-likeness (QED) is 0.163. The summed E-state index contributed by atoms with van der Waals surface area (Å²) in [5, 5.41) is 22.2. The Kier molecular flexibility index (Phi) is 11.0. The van der Waals surface area contributed by atoms with Crippen molar-refractivity contribution in [2.45, 2.75) is 70.4 Å². The number of hydrazone groups is 1. The summed E-state index contributed by atoms with van der Waals surface area (Å²) in [7, 11) is 1.64. The number of urea groups is 1. The van der Waals surface area contributed by atoms with Gasteiger partial charge >= 0.3 is 12.0 Å². The number of carbonyl (C=O) groups is 3. The molecule has 1 unspecified atom stereocenters. The lowest BCUT2D eigenvalue weighted by atomic mass is 9.81. The molecule has 0 bridgehead atoms. The van der Waals surface area contributed by atoms with Gasteiger partial charge in [0, 0.05) is 32.0 Å². The Hall–Kier alpha value is -4.41. The zero-order chi connectivity index (χ0) is 31.7. The van der Waals surface area contributed by atoms with Gasteiger partial charge in [0.15, 0.2) is 0 Å². The van der Waals surface area contributed by atoms with E-state index in [1.807, 2.05) is 36.4 Å². The van der Waals surface area contributed by atoms with E-state index in [4.69, 9.17) is 9.47 Å². The first-order valence-electron chi connectivity index (χ1n) is 15.1. The molecule has 2 aromatic carbocycles. The summed E-state index contributed by atoms with van der Waals surface area (Å²) in [5.74, 6) is -0.344. The molecule has 44 heavy (non-hydrogen) atoms. The number of nitrogens with one attached hydrogen (secondary N) is 3. The van der Waals surface area contributed by atoms with Gasteiger partial charge in [-0.3, -0.25) is 14.6 Å². The normalized spacial score (nSPS) is 19.0. The molecule has 1 fully saturated rings. The van der Waals surface area contributed by atoms with Crippen LogP contribution in [-0.4, -0.2) is 62.0 Å². The summed E-state index contributed by atoms with van der Waals surface area (Å²) in [6.07, 6.45) is 3.38. The number of hydrogen-bond acceptors (Lipinski definition) is 8. The standard InChI is InChI=1S/C33H43N5O6/c1-33(2,3)44-29(39)17-23(19-36-38-31(41)35-18-21-13-15-22(16-14-21)30(40)34-4)37-32(42)43-20-28-26-11-7-5-9-24(26)25-10-6-8-12-27(25)28/h5-12,19,21-23,28H,13-18,20H2,1-4H3,(H,34,40)(H,37,42)(H2,35,38,41)/p-1/b36-19+. The maximum absolute atomic E-state index is 12.8. The first-order valence-corrected chi connectivity index (χ1v) is 15.1. The van der Waals surface area contributed by atoms with Crippen molar-refractivity contribution in [2.75, 3.05) is 20.2 Å². The number of esters is 1. The van der Waals surface area contributed by atoms with Crippen LogP contribution in [0.25, 0.3) is 11.1 Å². The molecular weight excluding hydrogens is 562 g/mol. The Morgan fingerprint density at radius 1 is 1.00 bits per heavy atom. The molecular formula is C33H42N5O6-. The Morgan fingerprint density at radius 2 is 1.61 bits per heavy atom. The van der Waals surface area contributed by atoms with Gasteiger partial charge in [-0.2, -0.15) is 5.10 Å². The first kappa shape index (κ1) is 32.5. The number of carbonyl (C=O) groups excluding carboxylic acids is 3. The molecule has 2 aliphatic rings. The largest absolute Gasteiger partial charge is 0.599 e. The van der Waals surface area contributed by atoms with Gasteiger partial charge in [-0.1, -0.05) is 48.5 Å². The molecule has 3 amide bonds. The van der Waals surface area contributed by atoms with Crippen LogP contribution in [0.15, 0.2) is 58.6 Å². The minimum Gasteiger partial charge on any atom is -0.599 e. The third-order valence-corrected chi connectivity index (χ3v) is 7.83. The second kappa shape index (κ2) is 14.9. The van der Waals surface area contributed by atoms with Crippen LogP contribution in [0.3, 0.4) is 0 Å². The highest BCUT2D eigenvalue weighted by Crippen LogP contribution is 2.44. The number of hydrogen-bond donors (Lipinski definition) is 3. The molecule has 1 saturated carbocycles. The molecule has 2 aliphatic carbocycles. The smallest absolute Gasteiger partial charge is 0.335 e. The van der Waals surface area contributed by atoms with Gasteiger partial charge in [0.2, 0.25) is 5.91 Å². The van der Waals surface area contributed by atoms with Crippen LogP contribution in [0.2, 0.25) is 0 Å². The Balaban J connectivity index is 1.34. The van der Waals surface area contributed by atoms with Crippen molar-refractivity contribution in [2.24, 2.45) is 21.9 Å². The highest BCUT2D eigenvalue weighted by Gasteiger charge is 2.28. The zero-order valence-electron chi connectivity index (χ0n) is 25.8. The first-order chi connectivity index (χ1) is 21.0. The minimum absolute atomic E-state index is 0.0248. The maximum Gasteiger partial charge on any atom is 0.335 e. The molecule has 0 saturated heterocycles. The summed E-state index contributed by atoms with van der Waals surface area (Å²) in [5.41, 5.74) is 6.01. The molecule has 0 heterocycles. The van der Waals surface area contributed by atoms with E-state index in [0.717, 1.165) is 47.9 Å². The highest BCUT2D eigenvalue weighted by atomic mass is 16.6. The van der Waals surface area contributed by atoms with Gasteiger partial charge in [-0.05, 0) is 74.6 Å². The van der Waals surface area contributed by atoms with Gasteiger partial charge < -0.3 is 25.2 Å². The third kappa shape index (κ3) is 9.05. The summed E-state index contributed by atoms with van der Waals surface area (Å²) in [4.78, 5) is 40.8. The lowest BCUT2D eigenvalue weighted by Gasteiger charge is -2.27. The lowest BCUT2D eigenvalue weighted by molar-refractivity contribution is -0.251. The van der Waals surface area contributed by atoms with Gasteiger partial charge in [-0.15, -0.1) is 0 Å². The molecule has 2 aromatic rings. The van der Waals surface area contributed by atoms with E-state index in [-0.39, 0.29) is 36.7 Å². The molecule has 236 valence electrons. The van der Waals surface area contributed by atoms with Crippen LogP contribution >= 0.6 is 0 Å². The molecule has 0 aliphatic heterocycles. The van der Waals surface area contributed by atoms with E-state index in [9.17, 15) is 19.5 Å². The van der Waals surface area contributed by atoms with Crippen molar-refractivity contribution in [1.82, 2.24) is 16.1 Å². The third-order valence-electron chi connectivity index (χ3n) is 7.83. The van der Waals surface area contributed by atoms with Crippen molar-refractivity contribution in [3.8, 4) is 11.1 Å². The fourth-order valence-corrected chi connectivity index (χ4v) is 5.74. The predicted octanol–water partition coefficient (Wildman–Crippen LogP) is 3.47. The molecule has 11 nitrogen and oxygen atoms in total. The summed E-state index contributed by atoms with van der Waals surface area (Å²) in [6, 6.07) is 14.5. The van der Waals surface area contributed by atoms with Crippen LogP contribution < -0.4 is 21.2 Å². The number of aliphatic imine (C=N–C) groups is 1. The van der Waals surface area contributed by atoms with Crippen LogP contribution in [0.5, 0.6) is 0 Å². The van der Waals surface area contributed by atoms with Crippen LogP contribution in [0.4, 0.5) is 4.79 Å². The lowest BCUT2D eigenvalue weighted by Crippen LogP contribution is -2.38. The van der Waals surface area contributed by atoms with Crippen molar-refractivity contribution >= 4 is 30.2 Å². The van der Waals surface area contributed by atoms with E-state index in [2.05, 4.69) is 38.3 Å². The number of amides is 3. The van der Waals surface area contributed by atoms with Gasteiger partial charge in [0.25, 0.3) is 0 Å². The fourth-order valence-electron chi connectivity index (χ4n) is 5.74. The number of benzene rings is 2. The van der Waals surface area contributed by atoms with Gasteiger partial charge in [-0.25, -0.2) is 10.2 Å². The molecule has 11 heteroatoms. The molecule has 3 N–H and O–H groups in total. The number of rotatable bonds is 10. The van der Waals surface area contributed by atoms with Gasteiger partial charge in [0.1, 0.15) is 11.7 Å². The predicted molar refractivity (Wildman–Crippen MR) is 166 cm³/mol. The van der Waals surface area contributed by atoms with Crippen molar-refractivity contribution in [3.05, 3.63) is 59.7 Å². The van der Waals surface area contributed by atoms with Crippen LogP contribution in [-0.2, 0) is 19.1 Å². The highest BCUT2D eigenvalue weighted by molar-refractivity contribution is 5.82. The van der Waals surface area contributed by atoms with E-state index in [1.165, 1.54) is 6.21 Å².